The summed E-state index contributed by atoms with van der Waals surface area (Å²) in [5, 5.41) is 11.5. The number of hydrogen-bond donors (Lipinski definition) is 1. The summed E-state index contributed by atoms with van der Waals surface area (Å²) in [6.45, 7) is 0. The standard InChI is InChI=1S/C9H8N2O/c1-11-9-7(5-10)3-2-4-8(9)6-12/h2-4,6,11H,1H3. The van der Waals surface area contributed by atoms with E-state index in [1.807, 2.05) is 6.07 Å². The number of nitrogens with one attached hydrogen (secondary N) is 1. The van der Waals surface area contributed by atoms with Crippen LogP contribution in [0.2, 0.25) is 0 Å². The van der Waals surface area contributed by atoms with Crippen molar-refractivity contribution in [2.24, 2.45) is 0 Å². The first-order chi connectivity index (χ1) is 5.83. The van der Waals surface area contributed by atoms with E-state index in [9.17, 15) is 4.79 Å². The van der Waals surface area contributed by atoms with Crippen LogP contribution in [-0.4, -0.2) is 13.3 Å². The maximum Gasteiger partial charge on any atom is 0.152 e. The Kier molecular flexibility index (Phi) is 2.44. The number of carbonyl (C=O) groups excluding carboxylic acids is 1. The minimum absolute atomic E-state index is 0.488. The van der Waals surface area contributed by atoms with E-state index in [0.717, 1.165) is 6.29 Å². The van der Waals surface area contributed by atoms with Crippen molar-refractivity contribution in [1.82, 2.24) is 0 Å². The Hall–Kier alpha value is -1.82. The summed E-state index contributed by atoms with van der Waals surface area (Å²) in [6, 6.07) is 7.02. The molecule has 0 heterocycles. The Morgan fingerprint density at radius 2 is 2.33 bits per heavy atom. The molecule has 0 bridgehead atoms. The van der Waals surface area contributed by atoms with E-state index in [0.29, 0.717) is 16.8 Å². The van der Waals surface area contributed by atoms with Crippen LogP contribution in [-0.2, 0) is 0 Å². The fourth-order valence-electron chi connectivity index (χ4n) is 1.04. The molecule has 0 spiro atoms. The topological polar surface area (TPSA) is 52.9 Å². The summed E-state index contributed by atoms with van der Waals surface area (Å²) in [5.74, 6) is 0. The van der Waals surface area contributed by atoms with Gasteiger partial charge in [0.2, 0.25) is 0 Å². The molecule has 0 aliphatic carbocycles. The molecule has 0 aliphatic rings. The minimum atomic E-state index is 0.488. The van der Waals surface area contributed by atoms with Crippen molar-refractivity contribution in [2.45, 2.75) is 0 Å². The summed E-state index contributed by atoms with van der Waals surface area (Å²) in [4.78, 5) is 10.5. The van der Waals surface area contributed by atoms with Crippen molar-refractivity contribution in [3.63, 3.8) is 0 Å². The average Bonchev–Trinajstić information content (AvgIpc) is 2.16. The fourth-order valence-corrected chi connectivity index (χ4v) is 1.04. The van der Waals surface area contributed by atoms with Crippen LogP contribution >= 0.6 is 0 Å². The number of benzene rings is 1. The lowest BCUT2D eigenvalue weighted by molar-refractivity contribution is 0.112. The number of aldehydes is 1. The number of nitriles is 1. The van der Waals surface area contributed by atoms with E-state index in [-0.39, 0.29) is 0 Å². The van der Waals surface area contributed by atoms with Gasteiger partial charge in [0.05, 0.1) is 11.3 Å². The zero-order valence-electron chi connectivity index (χ0n) is 6.66. The smallest absolute Gasteiger partial charge is 0.152 e. The molecule has 1 aromatic carbocycles. The van der Waals surface area contributed by atoms with Gasteiger partial charge in [0.15, 0.2) is 6.29 Å². The van der Waals surface area contributed by atoms with Gasteiger partial charge >= 0.3 is 0 Å². The van der Waals surface area contributed by atoms with Crippen LogP contribution in [0.4, 0.5) is 5.69 Å². The quantitative estimate of drug-likeness (QED) is 0.665. The third-order valence-corrected chi connectivity index (χ3v) is 1.59. The monoisotopic (exact) mass is 160 g/mol. The van der Waals surface area contributed by atoms with Crippen LogP contribution in [0, 0.1) is 11.3 Å². The highest BCUT2D eigenvalue weighted by Gasteiger charge is 2.03. The van der Waals surface area contributed by atoms with Gasteiger partial charge in [-0.1, -0.05) is 6.07 Å². The van der Waals surface area contributed by atoms with Crippen LogP contribution in [0.5, 0.6) is 0 Å². The fraction of sp³-hybridized carbons (Fsp3) is 0.111. The van der Waals surface area contributed by atoms with Gasteiger partial charge in [-0.25, -0.2) is 0 Å². The third kappa shape index (κ3) is 1.28. The van der Waals surface area contributed by atoms with Gasteiger partial charge in [0.1, 0.15) is 6.07 Å². The zero-order valence-corrected chi connectivity index (χ0v) is 6.66. The van der Waals surface area contributed by atoms with Crippen LogP contribution in [0.15, 0.2) is 18.2 Å². The molecule has 3 nitrogen and oxygen atoms in total. The lowest BCUT2D eigenvalue weighted by Gasteiger charge is -2.04. The Balaban J connectivity index is 3.34. The summed E-state index contributed by atoms with van der Waals surface area (Å²) in [5.41, 5.74) is 1.59. The maximum atomic E-state index is 10.5. The molecule has 3 heteroatoms. The van der Waals surface area contributed by atoms with E-state index in [1.165, 1.54) is 0 Å². The van der Waals surface area contributed by atoms with Crippen molar-refractivity contribution in [3.8, 4) is 6.07 Å². The largest absolute Gasteiger partial charge is 0.386 e. The lowest BCUT2D eigenvalue weighted by atomic mass is 10.1. The molecular formula is C9H8N2O. The highest BCUT2D eigenvalue weighted by atomic mass is 16.1. The van der Waals surface area contributed by atoms with Gasteiger partial charge < -0.3 is 5.32 Å². The van der Waals surface area contributed by atoms with Crippen LogP contribution in [0.3, 0.4) is 0 Å². The third-order valence-electron chi connectivity index (χ3n) is 1.59. The van der Waals surface area contributed by atoms with Gasteiger partial charge in [-0.05, 0) is 12.1 Å². The van der Waals surface area contributed by atoms with Gasteiger partial charge in [-0.3, -0.25) is 4.79 Å². The number of para-hydroxylation sites is 1. The molecule has 1 aromatic rings. The van der Waals surface area contributed by atoms with Crippen LogP contribution in [0.1, 0.15) is 15.9 Å². The summed E-state index contributed by atoms with van der Waals surface area (Å²) in [6.07, 6.45) is 0.729. The van der Waals surface area contributed by atoms with Crippen molar-refractivity contribution in [2.75, 3.05) is 12.4 Å². The molecule has 0 aliphatic heterocycles. The molecular weight excluding hydrogens is 152 g/mol. The Morgan fingerprint density at radius 3 is 2.83 bits per heavy atom. The molecule has 1 N–H and O–H groups in total. The molecule has 1 rings (SSSR count). The summed E-state index contributed by atoms with van der Waals surface area (Å²) in [7, 11) is 1.68. The van der Waals surface area contributed by atoms with Gasteiger partial charge in [0, 0.05) is 12.6 Å². The SMILES string of the molecule is CNc1c(C#N)cccc1C=O. The summed E-state index contributed by atoms with van der Waals surface area (Å²) < 4.78 is 0. The van der Waals surface area contributed by atoms with Gasteiger partial charge in [0.25, 0.3) is 0 Å². The molecule has 0 aromatic heterocycles. The van der Waals surface area contributed by atoms with E-state index in [2.05, 4.69) is 5.32 Å². The second kappa shape index (κ2) is 3.54. The first-order valence-corrected chi connectivity index (χ1v) is 3.49. The van der Waals surface area contributed by atoms with Crippen molar-refractivity contribution in [3.05, 3.63) is 29.3 Å². The van der Waals surface area contributed by atoms with Crippen LogP contribution in [0.25, 0.3) is 0 Å². The molecule has 0 radical (unpaired) electrons. The van der Waals surface area contributed by atoms with Crippen LogP contribution < -0.4 is 5.32 Å². The first-order valence-electron chi connectivity index (χ1n) is 3.49. The Labute approximate surface area is 70.6 Å². The average molecular weight is 160 g/mol. The van der Waals surface area contributed by atoms with Crippen molar-refractivity contribution in [1.29, 1.82) is 5.26 Å². The minimum Gasteiger partial charge on any atom is -0.386 e. The highest BCUT2D eigenvalue weighted by molar-refractivity contribution is 5.86. The summed E-state index contributed by atoms with van der Waals surface area (Å²) >= 11 is 0. The predicted octanol–water partition coefficient (Wildman–Crippen LogP) is 1.41. The molecule has 0 saturated carbocycles. The molecule has 0 atom stereocenters. The number of rotatable bonds is 2. The molecule has 0 fully saturated rings. The predicted molar refractivity (Wildman–Crippen MR) is 46.1 cm³/mol. The van der Waals surface area contributed by atoms with Gasteiger partial charge in [-0.15, -0.1) is 0 Å². The van der Waals surface area contributed by atoms with Gasteiger partial charge in [-0.2, -0.15) is 5.26 Å². The van der Waals surface area contributed by atoms with E-state index in [1.54, 1.807) is 25.2 Å². The Morgan fingerprint density at radius 1 is 1.58 bits per heavy atom. The molecule has 60 valence electrons. The second-order valence-corrected chi connectivity index (χ2v) is 2.25. The van der Waals surface area contributed by atoms with E-state index >= 15 is 0 Å². The molecule has 0 unspecified atom stereocenters. The normalized spacial score (nSPS) is 8.67. The van der Waals surface area contributed by atoms with E-state index < -0.39 is 0 Å². The molecule has 0 amide bonds. The van der Waals surface area contributed by atoms with Crippen molar-refractivity contribution >= 4 is 12.0 Å². The maximum absolute atomic E-state index is 10.5. The second-order valence-electron chi connectivity index (χ2n) is 2.25. The first kappa shape index (κ1) is 8.28. The number of anilines is 1. The molecule has 12 heavy (non-hydrogen) atoms. The number of carbonyl (C=O) groups is 1. The lowest BCUT2D eigenvalue weighted by Crippen LogP contribution is -1.97. The number of nitrogens with zero attached hydrogens (tertiary/aromatic N) is 1. The molecule has 0 saturated heterocycles. The zero-order chi connectivity index (χ0) is 8.97. The van der Waals surface area contributed by atoms with Crippen molar-refractivity contribution < 1.29 is 4.79 Å². The van der Waals surface area contributed by atoms with E-state index in [4.69, 9.17) is 5.26 Å². The number of hydrogen-bond acceptors (Lipinski definition) is 3. The highest BCUT2D eigenvalue weighted by Crippen LogP contribution is 2.17. The Bertz CT molecular complexity index is 339.